The Morgan fingerprint density at radius 1 is 0.882 bits per heavy atom. The van der Waals surface area contributed by atoms with E-state index in [1.807, 2.05) is 66.7 Å². The molecule has 6 heteroatoms. The molecular weight excluding hydrogens is 432 g/mol. The third kappa shape index (κ3) is 4.39. The van der Waals surface area contributed by atoms with Crippen molar-refractivity contribution in [1.82, 2.24) is 10.2 Å². The molecule has 0 aliphatic carbocycles. The molecule has 2 aliphatic heterocycles. The number of hydrogen-bond donors (Lipinski definition) is 1. The van der Waals surface area contributed by atoms with Gasteiger partial charge in [-0.3, -0.25) is 9.69 Å². The molecule has 0 atom stereocenters. The molecule has 5 rings (SSSR count). The van der Waals surface area contributed by atoms with Crippen LogP contribution in [0.3, 0.4) is 0 Å². The topological polar surface area (TPSA) is 44.7 Å². The number of nitrogens with zero attached hydrogens (tertiary/aromatic N) is 2. The third-order valence-corrected chi connectivity index (χ3v) is 6.03. The van der Waals surface area contributed by atoms with Gasteiger partial charge in [-0.05, 0) is 28.3 Å². The van der Waals surface area contributed by atoms with Gasteiger partial charge in [0.05, 0.1) is 5.70 Å². The van der Waals surface area contributed by atoms with Gasteiger partial charge in [0.25, 0.3) is 5.91 Å². The minimum atomic E-state index is -0.897. The van der Waals surface area contributed by atoms with Crippen LogP contribution in [-0.2, 0) is 17.6 Å². The number of benzene rings is 3. The molecule has 0 bridgehead atoms. The quantitative estimate of drug-likeness (QED) is 0.596. The fourth-order valence-electron chi connectivity index (χ4n) is 4.24. The average molecular weight is 456 g/mol. The minimum Gasteiger partial charge on any atom is -0.381 e. The van der Waals surface area contributed by atoms with E-state index in [1.165, 1.54) is 6.07 Å². The van der Waals surface area contributed by atoms with Crippen LogP contribution >= 0.6 is 0 Å². The maximum atomic E-state index is 14.5. The Morgan fingerprint density at radius 2 is 1.62 bits per heavy atom. The van der Waals surface area contributed by atoms with Crippen LogP contribution in [0, 0.1) is 11.6 Å². The molecule has 0 aromatic heterocycles. The number of carbonyl (C=O) groups excluding carboxylic acids is 1. The molecule has 170 valence electrons. The molecule has 1 amide bonds. The summed E-state index contributed by atoms with van der Waals surface area (Å²) in [5.74, 6) is -1.50. The SMILES string of the molecule is O=C1C(Cc2ccccc2)=N/C2=C(\Cc3cccc(F)c3F)NC/C(c3ccccc3)=C\CN12. The lowest BCUT2D eigenvalue weighted by atomic mass is 10.0. The van der Waals surface area contributed by atoms with E-state index in [-0.39, 0.29) is 17.9 Å². The number of nitrogens with one attached hydrogen (secondary N) is 1. The Labute approximate surface area is 197 Å². The van der Waals surface area contributed by atoms with Gasteiger partial charge in [-0.1, -0.05) is 78.9 Å². The van der Waals surface area contributed by atoms with Crippen molar-refractivity contribution in [2.24, 2.45) is 4.99 Å². The molecule has 2 heterocycles. The molecule has 2 aliphatic rings. The van der Waals surface area contributed by atoms with E-state index in [0.29, 0.717) is 36.7 Å². The summed E-state index contributed by atoms with van der Waals surface area (Å²) < 4.78 is 28.4. The van der Waals surface area contributed by atoms with Crippen LogP contribution in [0.4, 0.5) is 8.78 Å². The molecule has 0 radical (unpaired) electrons. The highest BCUT2D eigenvalue weighted by atomic mass is 19.2. The standard InChI is InChI=1S/C28H23F2N3O/c29-23-13-7-12-21(26(23)30)17-24-27-32-25(16-19-8-3-1-4-9-19)28(34)33(27)15-14-22(18-31-24)20-10-5-2-6-11-20/h1-14,31H,15-18H2/b22-14+,27-24-. The first-order chi connectivity index (χ1) is 16.6. The second kappa shape index (κ2) is 9.43. The lowest BCUT2D eigenvalue weighted by molar-refractivity contribution is -0.121. The average Bonchev–Trinajstić information content (AvgIpc) is 3.15. The Balaban J connectivity index is 1.53. The molecule has 0 unspecified atom stereocenters. The fourth-order valence-corrected chi connectivity index (χ4v) is 4.24. The predicted octanol–water partition coefficient (Wildman–Crippen LogP) is 4.89. The van der Waals surface area contributed by atoms with Crippen LogP contribution in [-0.4, -0.2) is 29.6 Å². The van der Waals surface area contributed by atoms with E-state index in [9.17, 15) is 13.6 Å². The molecule has 0 spiro atoms. The summed E-state index contributed by atoms with van der Waals surface area (Å²) in [6.07, 6.45) is 2.50. The number of fused-ring (bicyclic) bond motifs is 1. The Kier molecular flexibility index (Phi) is 6.04. The van der Waals surface area contributed by atoms with Gasteiger partial charge in [-0.25, -0.2) is 13.8 Å². The largest absolute Gasteiger partial charge is 0.381 e. The normalized spacial score (nSPS) is 19.5. The molecule has 3 aromatic carbocycles. The van der Waals surface area contributed by atoms with Gasteiger partial charge in [-0.2, -0.15) is 0 Å². The van der Waals surface area contributed by atoms with Crippen molar-refractivity contribution in [1.29, 1.82) is 0 Å². The molecule has 4 nitrogen and oxygen atoms in total. The van der Waals surface area contributed by atoms with Crippen LogP contribution < -0.4 is 5.32 Å². The van der Waals surface area contributed by atoms with Crippen molar-refractivity contribution in [3.05, 3.63) is 125 Å². The Morgan fingerprint density at radius 3 is 2.38 bits per heavy atom. The summed E-state index contributed by atoms with van der Waals surface area (Å²) in [5.41, 5.74) is 4.25. The Bertz CT molecular complexity index is 1310. The van der Waals surface area contributed by atoms with Crippen molar-refractivity contribution in [3.8, 4) is 0 Å². The maximum absolute atomic E-state index is 14.5. The van der Waals surface area contributed by atoms with Gasteiger partial charge in [0.2, 0.25) is 0 Å². The van der Waals surface area contributed by atoms with Crippen LogP contribution in [0.15, 0.2) is 101 Å². The summed E-state index contributed by atoms with van der Waals surface area (Å²) in [4.78, 5) is 19.6. The van der Waals surface area contributed by atoms with Gasteiger partial charge in [0.1, 0.15) is 5.71 Å². The van der Waals surface area contributed by atoms with Gasteiger partial charge in [0, 0.05) is 25.9 Å². The van der Waals surface area contributed by atoms with Crippen LogP contribution in [0.5, 0.6) is 0 Å². The van der Waals surface area contributed by atoms with Crippen molar-refractivity contribution in [2.75, 3.05) is 13.1 Å². The maximum Gasteiger partial charge on any atom is 0.274 e. The van der Waals surface area contributed by atoms with Crippen LogP contribution in [0.1, 0.15) is 16.7 Å². The number of halogens is 2. The summed E-state index contributed by atoms with van der Waals surface area (Å²) >= 11 is 0. The highest BCUT2D eigenvalue weighted by molar-refractivity contribution is 6.41. The number of rotatable bonds is 5. The second-order valence-electron chi connectivity index (χ2n) is 8.28. The van der Waals surface area contributed by atoms with Gasteiger partial charge in [-0.15, -0.1) is 0 Å². The molecule has 0 fully saturated rings. The third-order valence-electron chi connectivity index (χ3n) is 6.03. The number of aliphatic imine (C=N–C) groups is 1. The van der Waals surface area contributed by atoms with Gasteiger partial charge in [0.15, 0.2) is 17.5 Å². The second-order valence-corrected chi connectivity index (χ2v) is 8.28. The highest BCUT2D eigenvalue weighted by Crippen LogP contribution is 2.27. The van der Waals surface area contributed by atoms with E-state index in [2.05, 4.69) is 10.3 Å². The lowest BCUT2D eigenvalue weighted by Gasteiger charge is -2.24. The van der Waals surface area contributed by atoms with Crippen LogP contribution in [0.2, 0.25) is 0 Å². The number of hydrogen-bond acceptors (Lipinski definition) is 3. The highest BCUT2D eigenvalue weighted by Gasteiger charge is 2.33. The molecule has 34 heavy (non-hydrogen) atoms. The zero-order valence-corrected chi connectivity index (χ0v) is 18.5. The van der Waals surface area contributed by atoms with Crippen molar-refractivity contribution in [2.45, 2.75) is 12.8 Å². The van der Waals surface area contributed by atoms with E-state index in [0.717, 1.165) is 22.8 Å². The number of allylic oxidation sites excluding steroid dienone is 1. The fraction of sp³-hybridized carbons (Fsp3) is 0.143. The van der Waals surface area contributed by atoms with Gasteiger partial charge < -0.3 is 5.32 Å². The first-order valence-electron chi connectivity index (χ1n) is 11.2. The summed E-state index contributed by atoms with van der Waals surface area (Å²) in [6.45, 7) is 0.822. The molecule has 0 saturated carbocycles. The molecule has 1 N–H and O–H groups in total. The molecule has 3 aromatic rings. The van der Waals surface area contributed by atoms with E-state index in [1.54, 1.807) is 11.0 Å². The molecule has 0 saturated heterocycles. The summed E-state index contributed by atoms with van der Waals surface area (Å²) in [5, 5.41) is 3.36. The first-order valence-corrected chi connectivity index (χ1v) is 11.2. The molecular formula is C28H23F2N3O. The minimum absolute atomic E-state index is 0.0902. The van der Waals surface area contributed by atoms with Gasteiger partial charge >= 0.3 is 0 Å². The zero-order chi connectivity index (χ0) is 23.5. The monoisotopic (exact) mass is 455 g/mol. The first kappa shape index (κ1) is 21.8. The summed E-state index contributed by atoms with van der Waals surface area (Å²) in [7, 11) is 0. The van der Waals surface area contributed by atoms with Crippen molar-refractivity contribution in [3.63, 3.8) is 0 Å². The van der Waals surface area contributed by atoms with Crippen molar-refractivity contribution < 1.29 is 13.6 Å². The van der Waals surface area contributed by atoms with E-state index in [4.69, 9.17) is 0 Å². The van der Waals surface area contributed by atoms with E-state index < -0.39 is 11.6 Å². The van der Waals surface area contributed by atoms with Crippen LogP contribution in [0.25, 0.3) is 5.57 Å². The Hall–Kier alpha value is -4.06. The number of carbonyl (C=O) groups is 1. The van der Waals surface area contributed by atoms with E-state index >= 15 is 0 Å². The zero-order valence-electron chi connectivity index (χ0n) is 18.5. The predicted molar refractivity (Wildman–Crippen MR) is 129 cm³/mol. The smallest absolute Gasteiger partial charge is 0.274 e. The lowest BCUT2D eigenvalue weighted by Crippen LogP contribution is -2.34. The number of amides is 1. The summed E-state index contributed by atoms with van der Waals surface area (Å²) in [6, 6.07) is 23.7. The van der Waals surface area contributed by atoms with Crippen molar-refractivity contribution >= 4 is 17.2 Å².